The SMILES string of the molecule is CC(=O)Nc1ccc(CC(=O)NCCc2cn3ccccc3n2)cc1. The van der Waals surface area contributed by atoms with Gasteiger partial charge in [-0.05, 0) is 29.8 Å². The molecule has 6 heteroatoms. The van der Waals surface area contributed by atoms with Gasteiger partial charge in [0.2, 0.25) is 11.8 Å². The Morgan fingerprint density at radius 2 is 1.92 bits per heavy atom. The first-order chi connectivity index (χ1) is 12.1. The topological polar surface area (TPSA) is 75.5 Å². The molecule has 0 aliphatic rings. The number of imidazole rings is 1. The van der Waals surface area contributed by atoms with E-state index in [-0.39, 0.29) is 11.8 Å². The van der Waals surface area contributed by atoms with Gasteiger partial charge in [-0.1, -0.05) is 18.2 Å². The molecule has 0 fully saturated rings. The van der Waals surface area contributed by atoms with Crippen LogP contribution >= 0.6 is 0 Å². The Bertz CT molecular complexity index is 851. The molecule has 2 heterocycles. The number of carbonyl (C=O) groups excluding carboxylic acids is 2. The number of anilines is 1. The fourth-order valence-corrected chi connectivity index (χ4v) is 2.59. The molecular weight excluding hydrogens is 316 g/mol. The van der Waals surface area contributed by atoms with Gasteiger partial charge in [0.25, 0.3) is 0 Å². The summed E-state index contributed by atoms with van der Waals surface area (Å²) in [6, 6.07) is 13.1. The van der Waals surface area contributed by atoms with Crippen molar-refractivity contribution in [2.24, 2.45) is 0 Å². The second kappa shape index (κ2) is 7.61. The molecule has 0 saturated heterocycles. The number of nitrogens with zero attached hydrogens (tertiary/aromatic N) is 2. The van der Waals surface area contributed by atoms with Gasteiger partial charge in [0, 0.05) is 38.0 Å². The largest absolute Gasteiger partial charge is 0.355 e. The second-order valence-electron chi connectivity index (χ2n) is 5.85. The number of aromatic nitrogens is 2. The summed E-state index contributed by atoms with van der Waals surface area (Å²) in [7, 11) is 0. The van der Waals surface area contributed by atoms with Crippen molar-refractivity contribution >= 4 is 23.1 Å². The van der Waals surface area contributed by atoms with E-state index in [0.717, 1.165) is 22.6 Å². The van der Waals surface area contributed by atoms with Gasteiger partial charge >= 0.3 is 0 Å². The smallest absolute Gasteiger partial charge is 0.224 e. The van der Waals surface area contributed by atoms with E-state index >= 15 is 0 Å². The molecule has 3 aromatic rings. The number of nitrogens with one attached hydrogen (secondary N) is 2. The van der Waals surface area contributed by atoms with Crippen molar-refractivity contribution in [3.63, 3.8) is 0 Å². The number of pyridine rings is 1. The zero-order valence-corrected chi connectivity index (χ0v) is 14.0. The lowest BCUT2D eigenvalue weighted by Crippen LogP contribution is -2.27. The number of hydrogen-bond donors (Lipinski definition) is 2. The predicted molar refractivity (Wildman–Crippen MR) is 96.4 cm³/mol. The average molecular weight is 336 g/mol. The fourth-order valence-electron chi connectivity index (χ4n) is 2.59. The maximum absolute atomic E-state index is 12.0. The van der Waals surface area contributed by atoms with Gasteiger partial charge in [0.05, 0.1) is 12.1 Å². The number of amides is 2. The van der Waals surface area contributed by atoms with Crippen LogP contribution in [0.2, 0.25) is 0 Å². The molecule has 25 heavy (non-hydrogen) atoms. The normalized spacial score (nSPS) is 10.6. The molecule has 3 rings (SSSR count). The summed E-state index contributed by atoms with van der Waals surface area (Å²) in [5.74, 6) is -0.145. The first kappa shape index (κ1) is 16.7. The lowest BCUT2D eigenvalue weighted by molar-refractivity contribution is -0.120. The Balaban J connectivity index is 1.46. The molecule has 2 N–H and O–H groups in total. The van der Waals surface area contributed by atoms with E-state index in [2.05, 4.69) is 15.6 Å². The fraction of sp³-hybridized carbons (Fsp3) is 0.211. The summed E-state index contributed by atoms with van der Waals surface area (Å²) < 4.78 is 1.97. The zero-order valence-electron chi connectivity index (χ0n) is 14.0. The summed E-state index contributed by atoms with van der Waals surface area (Å²) >= 11 is 0. The first-order valence-corrected chi connectivity index (χ1v) is 8.16. The summed E-state index contributed by atoms with van der Waals surface area (Å²) in [6.07, 6.45) is 4.93. The monoisotopic (exact) mass is 336 g/mol. The minimum Gasteiger partial charge on any atom is -0.355 e. The highest BCUT2D eigenvalue weighted by molar-refractivity contribution is 5.88. The van der Waals surface area contributed by atoms with Crippen molar-refractivity contribution in [2.45, 2.75) is 19.8 Å². The van der Waals surface area contributed by atoms with Crippen LogP contribution in [0.3, 0.4) is 0 Å². The van der Waals surface area contributed by atoms with Crippen LogP contribution in [-0.2, 0) is 22.4 Å². The minimum absolute atomic E-state index is 0.0314. The first-order valence-electron chi connectivity index (χ1n) is 8.16. The van der Waals surface area contributed by atoms with Crippen molar-refractivity contribution in [1.29, 1.82) is 0 Å². The van der Waals surface area contributed by atoms with Crippen LogP contribution < -0.4 is 10.6 Å². The molecule has 0 unspecified atom stereocenters. The molecule has 0 spiro atoms. The van der Waals surface area contributed by atoms with E-state index in [4.69, 9.17) is 0 Å². The van der Waals surface area contributed by atoms with Crippen LogP contribution in [0.1, 0.15) is 18.2 Å². The molecule has 128 valence electrons. The number of hydrogen-bond acceptors (Lipinski definition) is 3. The molecule has 2 aromatic heterocycles. The maximum atomic E-state index is 12.0. The highest BCUT2D eigenvalue weighted by atomic mass is 16.2. The van der Waals surface area contributed by atoms with Crippen molar-refractivity contribution in [1.82, 2.24) is 14.7 Å². The van der Waals surface area contributed by atoms with Crippen molar-refractivity contribution in [2.75, 3.05) is 11.9 Å². The lowest BCUT2D eigenvalue weighted by atomic mass is 10.1. The molecule has 0 radical (unpaired) electrons. The van der Waals surface area contributed by atoms with Crippen LogP contribution in [0.25, 0.3) is 5.65 Å². The van der Waals surface area contributed by atoms with Gasteiger partial charge in [-0.3, -0.25) is 9.59 Å². The average Bonchev–Trinajstić information content (AvgIpc) is 2.99. The predicted octanol–water partition coefficient (Wildman–Crippen LogP) is 2.19. The molecule has 0 bridgehead atoms. The zero-order chi connectivity index (χ0) is 17.6. The maximum Gasteiger partial charge on any atom is 0.224 e. The van der Waals surface area contributed by atoms with Gasteiger partial charge in [-0.15, -0.1) is 0 Å². The van der Waals surface area contributed by atoms with E-state index in [1.165, 1.54) is 6.92 Å². The van der Waals surface area contributed by atoms with Crippen molar-refractivity contribution < 1.29 is 9.59 Å². The quantitative estimate of drug-likeness (QED) is 0.724. The molecule has 6 nitrogen and oxygen atoms in total. The van der Waals surface area contributed by atoms with Gasteiger partial charge in [-0.2, -0.15) is 0 Å². The molecule has 0 aliphatic heterocycles. The Morgan fingerprint density at radius 3 is 2.64 bits per heavy atom. The minimum atomic E-state index is -0.113. The number of carbonyl (C=O) groups is 2. The summed E-state index contributed by atoms with van der Waals surface area (Å²) in [4.78, 5) is 27.5. The van der Waals surface area contributed by atoms with Gasteiger partial charge in [0.15, 0.2) is 0 Å². The standard InChI is InChI=1S/C19H20N4O2/c1-14(24)21-16-7-5-15(6-8-16)12-19(25)20-10-9-17-13-23-11-3-2-4-18(23)22-17/h2-8,11,13H,9-10,12H2,1H3,(H,20,25)(H,21,24). The van der Waals surface area contributed by atoms with Crippen molar-refractivity contribution in [3.8, 4) is 0 Å². The third-order valence-corrected chi connectivity index (χ3v) is 3.76. The Kier molecular flexibility index (Phi) is 5.09. The van der Waals surface area contributed by atoms with E-state index in [1.807, 2.05) is 47.1 Å². The molecule has 0 atom stereocenters. The highest BCUT2D eigenvalue weighted by Crippen LogP contribution is 2.10. The molecule has 0 saturated carbocycles. The highest BCUT2D eigenvalue weighted by Gasteiger charge is 2.05. The van der Waals surface area contributed by atoms with Gasteiger partial charge < -0.3 is 15.0 Å². The van der Waals surface area contributed by atoms with Crippen LogP contribution in [0.15, 0.2) is 54.9 Å². The van der Waals surface area contributed by atoms with Crippen LogP contribution in [0.5, 0.6) is 0 Å². The van der Waals surface area contributed by atoms with E-state index in [1.54, 1.807) is 12.1 Å². The number of benzene rings is 1. The molecule has 2 amide bonds. The van der Waals surface area contributed by atoms with Crippen LogP contribution in [0.4, 0.5) is 5.69 Å². The lowest BCUT2D eigenvalue weighted by Gasteiger charge is -2.06. The molecule has 0 aliphatic carbocycles. The van der Waals surface area contributed by atoms with E-state index < -0.39 is 0 Å². The number of fused-ring (bicyclic) bond motifs is 1. The van der Waals surface area contributed by atoms with Gasteiger partial charge in [-0.25, -0.2) is 4.98 Å². The summed E-state index contributed by atoms with van der Waals surface area (Å²) in [5, 5.41) is 5.61. The number of rotatable bonds is 6. The second-order valence-corrected chi connectivity index (χ2v) is 5.85. The Labute approximate surface area is 145 Å². The van der Waals surface area contributed by atoms with Crippen LogP contribution in [0, 0.1) is 0 Å². The van der Waals surface area contributed by atoms with Crippen LogP contribution in [-0.4, -0.2) is 27.7 Å². The molecular formula is C19H20N4O2. The van der Waals surface area contributed by atoms with E-state index in [0.29, 0.717) is 19.4 Å². The third-order valence-electron chi connectivity index (χ3n) is 3.76. The third kappa shape index (κ3) is 4.67. The van der Waals surface area contributed by atoms with E-state index in [9.17, 15) is 9.59 Å². The summed E-state index contributed by atoms with van der Waals surface area (Å²) in [5.41, 5.74) is 3.48. The summed E-state index contributed by atoms with van der Waals surface area (Å²) in [6.45, 7) is 2.01. The van der Waals surface area contributed by atoms with Gasteiger partial charge in [0.1, 0.15) is 5.65 Å². The Hall–Kier alpha value is -3.15. The van der Waals surface area contributed by atoms with Crippen molar-refractivity contribution in [3.05, 3.63) is 66.1 Å². The molecule has 1 aromatic carbocycles. The Morgan fingerprint density at radius 1 is 1.12 bits per heavy atom.